The monoisotopic (exact) mass is 276 g/mol. The Morgan fingerprint density at radius 2 is 2.16 bits per heavy atom. The molecule has 0 aromatic carbocycles. The Balaban J connectivity index is 2.38. The highest BCUT2D eigenvalue weighted by atomic mass is 32.1. The summed E-state index contributed by atoms with van der Waals surface area (Å²) in [5, 5.41) is 2.10. The first kappa shape index (κ1) is 13.8. The van der Waals surface area contributed by atoms with Crippen LogP contribution in [0.5, 0.6) is 0 Å². The van der Waals surface area contributed by atoms with Crippen molar-refractivity contribution in [2.45, 2.75) is 33.2 Å². The van der Waals surface area contributed by atoms with Crippen molar-refractivity contribution in [2.24, 2.45) is 0 Å². The molecule has 2 N–H and O–H groups in total. The number of nitrogens with two attached hydrogens (primary N) is 1. The van der Waals surface area contributed by atoms with Gasteiger partial charge in [-0.15, -0.1) is 11.3 Å². The molecule has 102 valence electrons. The van der Waals surface area contributed by atoms with Crippen molar-refractivity contribution >= 4 is 23.0 Å². The quantitative estimate of drug-likeness (QED) is 0.931. The van der Waals surface area contributed by atoms with Gasteiger partial charge in [-0.1, -0.05) is 13.0 Å². The molecule has 0 aliphatic carbocycles. The fraction of sp³-hybridized carbons (Fsp3) is 0.429. The molecule has 0 saturated heterocycles. The van der Waals surface area contributed by atoms with Crippen molar-refractivity contribution in [1.82, 2.24) is 9.97 Å². The van der Waals surface area contributed by atoms with E-state index in [1.165, 1.54) is 4.88 Å². The second-order valence-corrected chi connectivity index (χ2v) is 5.61. The smallest absolute Gasteiger partial charge is 0.137 e. The number of nitrogen functional groups attached to an aromatic ring is 1. The van der Waals surface area contributed by atoms with E-state index in [1.54, 1.807) is 11.3 Å². The van der Waals surface area contributed by atoms with Crippen molar-refractivity contribution in [2.75, 3.05) is 17.7 Å². The fourth-order valence-electron chi connectivity index (χ4n) is 1.97. The number of nitrogens with zero attached hydrogens (tertiary/aromatic N) is 3. The molecule has 0 bridgehead atoms. The van der Waals surface area contributed by atoms with Gasteiger partial charge in [-0.25, -0.2) is 9.97 Å². The first-order chi connectivity index (χ1) is 9.04. The molecule has 5 heteroatoms. The van der Waals surface area contributed by atoms with Crippen LogP contribution in [0.3, 0.4) is 0 Å². The van der Waals surface area contributed by atoms with Crippen LogP contribution in [0.25, 0.3) is 0 Å². The van der Waals surface area contributed by atoms with Crippen molar-refractivity contribution < 1.29 is 0 Å². The minimum absolute atomic E-state index is 0.276. The summed E-state index contributed by atoms with van der Waals surface area (Å²) in [7, 11) is 2.05. The maximum absolute atomic E-state index is 5.98. The van der Waals surface area contributed by atoms with Gasteiger partial charge >= 0.3 is 0 Å². The SMILES string of the molecule is CCc1nc(N)c(C)c(N(C)C(C)c2cccs2)n1. The highest BCUT2D eigenvalue weighted by Gasteiger charge is 2.18. The minimum atomic E-state index is 0.276. The van der Waals surface area contributed by atoms with Gasteiger partial charge in [-0.2, -0.15) is 0 Å². The molecular weight excluding hydrogens is 256 g/mol. The summed E-state index contributed by atoms with van der Waals surface area (Å²) in [6, 6.07) is 4.49. The molecule has 0 aliphatic heterocycles. The standard InChI is InChI=1S/C14H20N4S/c1-5-12-16-13(15)9(2)14(17-12)18(4)10(3)11-7-6-8-19-11/h6-8,10H,5H2,1-4H3,(H2,15,16,17). The molecule has 0 aliphatic rings. The Labute approximate surface area is 118 Å². The molecule has 19 heavy (non-hydrogen) atoms. The number of aromatic nitrogens is 2. The average molecular weight is 276 g/mol. The normalized spacial score (nSPS) is 12.4. The topological polar surface area (TPSA) is 55.0 Å². The van der Waals surface area contributed by atoms with Crippen LogP contribution in [-0.4, -0.2) is 17.0 Å². The van der Waals surface area contributed by atoms with Crippen LogP contribution in [0.4, 0.5) is 11.6 Å². The predicted molar refractivity (Wildman–Crippen MR) is 81.7 cm³/mol. The van der Waals surface area contributed by atoms with Gasteiger partial charge in [0.25, 0.3) is 0 Å². The second kappa shape index (κ2) is 5.57. The zero-order valence-electron chi connectivity index (χ0n) is 11.8. The molecule has 2 aromatic rings. The molecule has 4 nitrogen and oxygen atoms in total. The lowest BCUT2D eigenvalue weighted by Gasteiger charge is -2.27. The number of hydrogen-bond acceptors (Lipinski definition) is 5. The van der Waals surface area contributed by atoms with Crippen LogP contribution in [0.1, 0.15) is 36.2 Å². The van der Waals surface area contributed by atoms with Gasteiger partial charge < -0.3 is 10.6 Å². The summed E-state index contributed by atoms with van der Waals surface area (Å²) < 4.78 is 0. The predicted octanol–water partition coefficient (Wildman–Crippen LogP) is 3.19. The Morgan fingerprint density at radius 3 is 2.74 bits per heavy atom. The highest BCUT2D eigenvalue weighted by molar-refractivity contribution is 7.10. The van der Waals surface area contributed by atoms with Crippen molar-refractivity contribution in [1.29, 1.82) is 0 Å². The van der Waals surface area contributed by atoms with Gasteiger partial charge in [0.1, 0.15) is 17.5 Å². The van der Waals surface area contributed by atoms with Crippen molar-refractivity contribution in [3.8, 4) is 0 Å². The van der Waals surface area contributed by atoms with E-state index in [0.29, 0.717) is 5.82 Å². The molecule has 0 radical (unpaired) electrons. The fourth-order valence-corrected chi connectivity index (χ4v) is 2.80. The van der Waals surface area contributed by atoms with E-state index < -0.39 is 0 Å². The third kappa shape index (κ3) is 2.71. The van der Waals surface area contributed by atoms with E-state index in [-0.39, 0.29) is 6.04 Å². The van der Waals surface area contributed by atoms with Crippen LogP contribution in [0.15, 0.2) is 17.5 Å². The Morgan fingerprint density at radius 1 is 1.42 bits per heavy atom. The summed E-state index contributed by atoms with van der Waals surface area (Å²) in [5.74, 6) is 2.29. The van der Waals surface area contributed by atoms with Crippen LogP contribution in [0, 0.1) is 6.92 Å². The van der Waals surface area contributed by atoms with Gasteiger partial charge in [-0.3, -0.25) is 0 Å². The van der Waals surface area contributed by atoms with Crippen molar-refractivity contribution in [3.05, 3.63) is 33.8 Å². The largest absolute Gasteiger partial charge is 0.383 e. The van der Waals surface area contributed by atoms with Gasteiger partial charge in [0.05, 0.1) is 6.04 Å². The first-order valence-corrected chi connectivity index (χ1v) is 7.31. The van der Waals surface area contributed by atoms with E-state index in [9.17, 15) is 0 Å². The maximum atomic E-state index is 5.98. The van der Waals surface area contributed by atoms with Crippen LogP contribution in [-0.2, 0) is 6.42 Å². The number of rotatable bonds is 4. The van der Waals surface area contributed by atoms with E-state index in [1.807, 2.05) is 13.8 Å². The summed E-state index contributed by atoms with van der Waals surface area (Å²) in [5.41, 5.74) is 6.93. The van der Waals surface area contributed by atoms with Gasteiger partial charge in [-0.05, 0) is 25.3 Å². The van der Waals surface area contributed by atoms with E-state index >= 15 is 0 Å². The molecule has 2 aromatic heterocycles. The zero-order valence-corrected chi connectivity index (χ0v) is 12.7. The molecular formula is C14H20N4S. The van der Waals surface area contributed by atoms with Crippen LogP contribution >= 0.6 is 11.3 Å². The van der Waals surface area contributed by atoms with E-state index in [2.05, 4.69) is 46.4 Å². The lowest BCUT2D eigenvalue weighted by Crippen LogP contribution is -2.24. The average Bonchev–Trinajstić information content (AvgIpc) is 2.94. The lowest BCUT2D eigenvalue weighted by atomic mass is 10.2. The molecule has 0 amide bonds. The molecule has 1 atom stereocenters. The highest BCUT2D eigenvalue weighted by Crippen LogP contribution is 2.30. The second-order valence-electron chi connectivity index (χ2n) is 4.63. The molecule has 0 saturated carbocycles. The summed E-state index contributed by atoms with van der Waals surface area (Å²) in [6.45, 7) is 6.19. The zero-order chi connectivity index (χ0) is 14.0. The van der Waals surface area contributed by atoms with E-state index in [4.69, 9.17) is 5.73 Å². The third-order valence-corrected chi connectivity index (χ3v) is 4.43. The number of anilines is 2. The number of hydrogen-bond donors (Lipinski definition) is 1. The molecule has 1 unspecified atom stereocenters. The molecule has 0 fully saturated rings. The summed E-state index contributed by atoms with van der Waals surface area (Å²) in [4.78, 5) is 12.4. The van der Waals surface area contributed by atoms with Gasteiger partial charge in [0.15, 0.2) is 0 Å². The van der Waals surface area contributed by atoms with E-state index in [0.717, 1.165) is 23.6 Å². The Bertz CT molecular complexity index is 551. The number of thiophene rings is 1. The van der Waals surface area contributed by atoms with Crippen molar-refractivity contribution in [3.63, 3.8) is 0 Å². The molecule has 2 rings (SSSR count). The van der Waals surface area contributed by atoms with Crippen LogP contribution < -0.4 is 10.6 Å². The minimum Gasteiger partial charge on any atom is -0.383 e. The first-order valence-electron chi connectivity index (χ1n) is 6.43. The molecule has 2 heterocycles. The third-order valence-electron chi connectivity index (χ3n) is 3.39. The lowest BCUT2D eigenvalue weighted by molar-refractivity contribution is 0.731. The van der Waals surface area contributed by atoms with Gasteiger partial charge in [0.2, 0.25) is 0 Å². The summed E-state index contributed by atoms with van der Waals surface area (Å²) in [6.07, 6.45) is 0.790. The Kier molecular flexibility index (Phi) is 4.04. The number of aryl methyl sites for hydroxylation is 1. The Hall–Kier alpha value is -1.62. The maximum Gasteiger partial charge on any atom is 0.137 e. The summed E-state index contributed by atoms with van der Waals surface area (Å²) >= 11 is 1.76. The van der Waals surface area contributed by atoms with Gasteiger partial charge in [0, 0.05) is 23.9 Å². The molecule has 0 spiro atoms. The van der Waals surface area contributed by atoms with Crippen LogP contribution in [0.2, 0.25) is 0 Å².